The fourth-order valence-corrected chi connectivity index (χ4v) is 6.22. The maximum atomic E-state index is 13.0. The molecule has 1 saturated heterocycles. The molecule has 3 rings (SSSR count). The molecule has 1 aliphatic heterocycles. The Morgan fingerprint density at radius 3 is 2.59 bits per heavy atom. The number of thioether (sulfide) groups is 1. The molecule has 1 aromatic heterocycles. The largest absolute Gasteiger partial charge is 0.324 e. The van der Waals surface area contributed by atoms with Gasteiger partial charge in [0.15, 0.2) is 0 Å². The zero-order valence-electron chi connectivity index (χ0n) is 18.2. The van der Waals surface area contributed by atoms with E-state index in [4.69, 9.17) is 11.6 Å². The summed E-state index contributed by atoms with van der Waals surface area (Å²) in [5, 5.41) is 12.3. The monoisotopic (exact) mass is 492 g/mol. The molecule has 0 radical (unpaired) electrons. The summed E-state index contributed by atoms with van der Waals surface area (Å²) in [5.74, 6) is -0.366. The molecular formula is C22H25ClN4O3S2. The fraction of sp³-hybridized carbons (Fsp3) is 0.409. The van der Waals surface area contributed by atoms with E-state index < -0.39 is 15.3 Å². The summed E-state index contributed by atoms with van der Waals surface area (Å²) in [4.78, 5) is 17.3. The summed E-state index contributed by atoms with van der Waals surface area (Å²) >= 11 is 7.42. The lowest BCUT2D eigenvalue weighted by Crippen LogP contribution is -2.35. The Morgan fingerprint density at radius 1 is 1.25 bits per heavy atom. The number of hydrogen-bond donors (Lipinski definition) is 1. The minimum atomic E-state index is -3.65. The van der Waals surface area contributed by atoms with E-state index in [0.717, 1.165) is 30.5 Å². The summed E-state index contributed by atoms with van der Waals surface area (Å²) in [7, 11) is -3.65. The third-order valence-corrected chi connectivity index (χ3v) is 8.54. The lowest BCUT2D eigenvalue weighted by Gasteiger charge is -2.26. The van der Waals surface area contributed by atoms with Crippen LogP contribution in [0.15, 0.2) is 34.2 Å². The van der Waals surface area contributed by atoms with Crippen molar-refractivity contribution in [1.29, 1.82) is 5.26 Å². The van der Waals surface area contributed by atoms with Gasteiger partial charge in [0.25, 0.3) is 0 Å². The number of carbonyl (C=O) groups excluding carboxylic acids is 1. The number of amides is 1. The zero-order chi connectivity index (χ0) is 23.5. The fourth-order valence-electron chi connectivity index (χ4n) is 3.49. The molecule has 0 unspecified atom stereocenters. The summed E-state index contributed by atoms with van der Waals surface area (Å²) in [6, 6.07) is 8.30. The Hall–Kier alpha value is -2.12. The van der Waals surface area contributed by atoms with E-state index in [1.54, 1.807) is 6.92 Å². The van der Waals surface area contributed by atoms with Crippen molar-refractivity contribution in [3.8, 4) is 6.07 Å². The van der Waals surface area contributed by atoms with Gasteiger partial charge in [-0.05, 0) is 63.4 Å². The van der Waals surface area contributed by atoms with Crippen LogP contribution in [0, 0.1) is 25.2 Å². The molecule has 0 bridgehead atoms. The number of nitrogens with one attached hydrogen (secondary N) is 1. The smallest absolute Gasteiger partial charge is 0.243 e. The van der Waals surface area contributed by atoms with Gasteiger partial charge in [-0.25, -0.2) is 13.4 Å². The number of halogens is 1. The normalized spacial score (nSPS) is 15.7. The molecule has 0 spiro atoms. The van der Waals surface area contributed by atoms with Crippen molar-refractivity contribution in [1.82, 2.24) is 9.29 Å². The van der Waals surface area contributed by atoms with Crippen LogP contribution in [0.25, 0.3) is 0 Å². The van der Waals surface area contributed by atoms with Crippen molar-refractivity contribution in [2.45, 2.75) is 55.2 Å². The molecule has 1 atom stereocenters. The quantitative estimate of drug-likeness (QED) is 0.595. The topological polar surface area (TPSA) is 103 Å². The van der Waals surface area contributed by atoms with Gasteiger partial charge < -0.3 is 5.32 Å². The number of carbonyl (C=O) groups is 1. The van der Waals surface area contributed by atoms with Crippen molar-refractivity contribution >= 4 is 45.0 Å². The molecular weight excluding hydrogens is 468 g/mol. The van der Waals surface area contributed by atoms with Crippen molar-refractivity contribution in [2.24, 2.45) is 0 Å². The molecule has 1 amide bonds. The van der Waals surface area contributed by atoms with E-state index >= 15 is 0 Å². The molecule has 0 aliphatic carbocycles. The van der Waals surface area contributed by atoms with E-state index in [1.807, 2.05) is 19.9 Å². The van der Waals surface area contributed by atoms with Crippen LogP contribution in [0.1, 0.15) is 43.0 Å². The van der Waals surface area contributed by atoms with Gasteiger partial charge >= 0.3 is 0 Å². The first kappa shape index (κ1) is 24.5. The van der Waals surface area contributed by atoms with Crippen LogP contribution < -0.4 is 5.32 Å². The van der Waals surface area contributed by atoms with Crippen LogP contribution in [0.4, 0.5) is 5.69 Å². The average Bonchev–Trinajstić information content (AvgIpc) is 2.75. The Balaban J connectivity index is 1.79. The van der Waals surface area contributed by atoms with Crippen LogP contribution in [0.3, 0.4) is 0 Å². The van der Waals surface area contributed by atoms with Gasteiger partial charge in [-0.3, -0.25) is 4.79 Å². The maximum Gasteiger partial charge on any atom is 0.243 e. The molecule has 32 heavy (non-hydrogen) atoms. The number of aromatic nitrogens is 1. The van der Waals surface area contributed by atoms with Crippen molar-refractivity contribution < 1.29 is 13.2 Å². The second-order valence-corrected chi connectivity index (χ2v) is 11.4. The van der Waals surface area contributed by atoms with Crippen molar-refractivity contribution in [2.75, 3.05) is 18.4 Å². The second-order valence-electron chi connectivity index (χ2n) is 7.73. The average molecular weight is 493 g/mol. The predicted octanol–water partition coefficient (Wildman–Crippen LogP) is 4.52. The lowest BCUT2D eigenvalue weighted by molar-refractivity contribution is -0.115. The number of aryl methyl sites for hydroxylation is 2. The number of anilines is 1. The maximum absolute atomic E-state index is 13.0. The summed E-state index contributed by atoms with van der Waals surface area (Å²) in [6.45, 7) is 6.34. The third kappa shape index (κ3) is 5.44. The van der Waals surface area contributed by atoms with Gasteiger partial charge in [-0.1, -0.05) is 29.8 Å². The molecule has 2 aromatic rings. The molecule has 1 N–H and O–H groups in total. The molecule has 1 aromatic carbocycles. The zero-order valence-corrected chi connectivity index (χ0v) is 20.6. The molecule has 170 valence electrons. The SMILES string of the molecule is Cc1cc(C)c(C#N)c(S[C@H](C)C(=O)Nc2cc(S(=O)(=O)N3CCCCC3)ccc2Cl)n1. The predicted molar refractivity (Wildman–Crippen MR) is 126 cm³/mol. The standard InChI is InChI=1S/C22H25ClN4O3S2/c1-14-11-15(2)25-22(18(14)13-24)31-16(3)21(28)26-20-12-17(7-8-19(20)23)32(29,30)27-9-5-4-6-10-27/h7-8,11-12,16H,4-6,9-10H2,1-3H3,(H,26,28)/t16-/m1/s1. The number of nitrogens with zero attached hydrogens (tertiary/aromatic N) is 3. The first-order valence-electron chi connectivity index (χ1n) is 10.3. The Kier molecular flexibility index (Phi) is 7.83. The molecule has 2 heterocycles. The number of benzene rings is 1. The highest BCUT2D eigenvalue weighted by molar-refractivity contribution is 8.00. The Morgan fingerprint density at radius 2 is 1.94 bits per heavy atom. The van der Waals surface area contributed by atoms with Crippen LogP contribution in [0.2, 0.25) is 5.02 Å². The van der Waals surface area contributed by atoms with Gasteiger partial charge in [-0.15, -0.1) is 0 Å². The highest BCUT2D eigenvalue weighted by Gasteiger charge is 2.27. The minimum absolute atomic E-state index is 0.0992. The van der Waals surface area contributed by atoms with Crippen LogP contribution >= 0.6 is 23.4 Å². The van der Waals surface area contributed by atoms with E-state index in [9.17, 15) is 18.5 Å². The second kappa shape index (κ2) is 10.2. The van der Waals surface area contributed by atoms with Crippen LogP contribution in [0.5, 0.6) is 0 Å². The number of nitriles is 1. The Bertz CT molecular complexity index is 1170. The van der Waals surface area contributed by atoms with E-state index in [-0.39, 0.29) is 21.5 Å². The molecule has 10 heteroatoms. The first-order valence-corrected chi connectivity index (χ1v) is 13.0. The van der Waals surface area contributed by atoms with E-state index in [0.29, 0.717) is 23.7 Å². The molecule has 7 nitrogen and oxygen atoms in total. The van der Waals surface area contributed by atoms with E-state index in [2.05, 4.69) is 16.4 Å². The lowest BCUT2D eigenvalue weighted by atomic mass is 10.1. The molecule has 0 saturated carbocycles. The molecule has 1 aliphatic rings. The third-order valence-electron chi connectivity index (χ3n) is 5.23. The number of sulfonamides is 1. The summed E-state index contributed by atoms with van der Waals surface area (Å²) in [5.41, 5.74) is 2.23. The number of piperidine rings is 1. The minimum Gasteiger partial charge on any atom is -0.324 e. The van der Waals surface area contributed by atoms with Gasteiger partial charge in [0.05, 0.1) is 26.4 Å². The van der Waals surface area contributed by atoms with E-state index in [1.165, 1.54) is 34.3 Å². The highest BCUT2D eigenvalue weighted by atomic mass is 35.5. The number of pyridine rings is 1. The van der Waals surface area contributed by atoms with Crippen molar-refractivity contribution in [3.05, 3.63) is 46.1 Å². The van der Waals surface area contributed by atoms with Crippen LogP contribution in [-0.4, -0.2) is 42.0 Å². The summed E-state index contributed by atoms with van der Waals surface area (Å²) < 4.78 is 27.4. The Labute approximate surface area is 198 Å². The summed E-state index contributed by atoms with van der Waals surface area (Å²) in [6.07, 6.45) is 2.69. The molecule has 1 fully saturated rings. The van der Waals surface area contributed by atoms with Crippen molar-refractivity contribution in [3.63, 3.8) is 0 Å². The number of hydrogen-bond acceptors (Lipinski definition) is 6. The van der Waals surface area contributed by atoms with Gasteiger partial charge in [0.1, 0.15) is 11.1 Å². The van der Waals surface area contributed by atoms with Crippen LogP contribution in [-0.2, 0) is 14.8 Å². The van der Waals surface area contributed by atoms with Gasteiger partial charge in [-0.2, -0.15) is 9.57 Å². The van der Waals surface area contributed by atoms with Gasteiger partial charge in [0.2, 0.25) is 15.9 Å². The van der Waals surface area contributed by atoms with Gasteiger partial charge in [0, 0.05) is 18.8 Å². The first-order chi connectivity index (χ1) is 15.1. The highest BCUT2D eigenvalue weighted by Crippen LogP contribution is 2.31. The number of rotatable bonds is 6.